The van der Waals surface area contributed by atoms with Gasteiger partial charge in [-0.1, -0.05) is 12.1 Å². The van der Waals surface area contributed by atoms with Gasteiger partial charge in [0, 0.05) is 18.2 Å². The first-order valence-electron chi connectivity index (χ1n) is 5.90. The van der Waals surface area contributed by atoms with E-state index in [9.17, 15) is 9.59 Å². The quantitative estimate of drug-likeness (QED) is 0.787. The molecule has 3 N–H and O–H groups in total. The summed E-state index contributed by atoms with van der Waals surface area (Å²) in [6.45, 7) is 0.342. The topological polar surface area (TPSA) is 96.1 Å². The van der Waals surface area contributed by atoms with Crippen molar-refractivity contribution < 1.29 is 14.3 Å². The number of ether oxygens (including phenoxy) is 1. The number of hydrogen-bond acceptors (Lipinski definition) is 4. The summed E-state index contributed by atoms with van der Waals surface area (Å²) in [5, 5.41) is 11.6. The second kappa shape index (κ2) is 6.37. The number of amides is 2. The third kappa shape index (κ3) is 3.58. The standard InChI is InChI=1S/C13H14N4O3/c1-20-13(19)14-8-9-2-4-10(5-3-9)12(18)16-11-6-7-15-17-11/h2-7H,8H2,1H3,(H,14,19)(H2,15,16,17,18). The average molecular weight is 274 g/mol. The predicted molar refractivity (Wildman–Crippen MR) is 72.2 cm³/mol. The van der Waals surface area contributed by atoms with Crippen LogP contribution in [0.25, 0.3) is 0 Å². The number of hydrogen-bond donors (Lipinski definition) is 3. The molecule has 7 heteroatoms. The van der Waals surface area contributed by atoms with Crippen molar-refractivity contribution in [2.45, 2.75) is 6.54 Å². The molecule has 7 nitrogen and oxygen atoms in total. The van der Waals surface area contributed by atoms with Crippen molar-refractivity contribution in [2.24, 2.45) is 0 Å². The maximum Gasteiger partial charge on any atom is 0.407 e. The Balaban J connectivity index is 1.93. The number of H-pyrrole nitrogens is 1. The summed E-state index contributed by atoms with van der Waals surface area (Å²) in [7, 11) is 1.30. The van der Waals surface area contributed by atoms with Gasteiger partial charge in [0.1, 0.15) is 5.82 Å². The van der Waals surface area contributed by atoms with Gasteiger partial charge in [0.2, 0.25) is 0 Å². The number of aromatic amines is 1. The maximum atomic E-state index is 11.9. The first-order chi connectivity index (χ1) is 9.69. The highest BCUT2D eigenvalue weighted by Gasteiger charge is 2.07. The summed E-state index contributed by atoms with van der Waals surface area (Å²) < 4.78 is 4.47. The van der Waals surface area contributed by atoms with E-state index in [0.29, 0.717) is 17.9 Å². The number of anilines is 1. The molecule has 2 aromatic rings. The lowest BCUT2D eigenvalue weighted by Gasteiger charge is -2.05. The Morgan fingerprint density at radius 1 is 1.25 bits per heavy atom. The van der Waals surface area contributed by atoms with Crippen LogP contribution in [0.5, 0.6) is 0 Å². The van der Waals surface area contributed by atoms with Crippen LogP contribution in [-0.2, 0) is 11.3 Å². The Bertz CT molecular complexity index is 578. The Kier molecular flexibility index (Phi) is 4.33. The van der Waals surface area contributed by atoms with Gasteiger partial charge in [0.05, 0.1) is 13.3 Å². The summed E-state index contributed by atoms with van der Waals surface area (Å²) in [5.74, 6) is 0.299. The molecule has 0 radical (unpaired) electrons. The van der Waals surface area contributed by atoms with E-state index in [2.05, 4.69) is 25.6 Å². The molecule has 0 saturated heterocycles. The number of nitrogens with one attached hydrogen (secondary N) is 3. The molecule has 20 heavy (non-hydrogen) atoms. The second-order valence-corrected chi connectivity index (χ2v) is 3.97. The Hall–Kier alpha value is -2.83. The Morgan fingerprint density at radius 2 is 2.00 bits per heavy atom. The highest BCUT2D eigenvalue weighted by molar-refractivity contribution is 6.03. The molecule has 1 aromatic heterocycles. The number of nitrogens with zero attached hydrogens (tertiary/aromatic N) is 1. The zero-order chi connectivity index (χ0) is 14.4. The largest absolute Gasteiger partial charge is 0.453 e. The van der Waals surface area contributed by atoms with Crippen LogP contribution < -0.4 is 10.6 Å². The zero-order valence-electron chi connectivity index (χ0n) is 10.8. The SMILES string of the molecule is COC(=O)NCc1ccc(C(=O)Nc2ccn[nH]2)cc1. The molecule has 0 spiro atoms. The van der Waals surface area contributed by atoms with Gasteiger partial charge in [-0.2, -0.15) is 5.10 Å². The molecule has 0 atom stereocenters. The molecule has 0 aliphatic heterocycles. The number of methoxy groups -OCH3 is 1. The fraction of sp³-hybridized carbons (Fsp3) is 0.154. The van der Waals surface area contributed by atoms with Crippen molar-refractivity contribution in [2.75, 3.05) is 12.4 Å². The van der Waals surface area contributed by atoms with Crippen LogP contribution in [0.3, 0.4) is 0 Å². The molecule has 0 saturated carbocycles. The van der Waals surface area contributed by atoms with Crippen molar-refractivity contribution in [3.8, 4) is 0 Å². The molecular weight excluding hydrogens is 260 g/mol. The van der Waals surface area contributed by atoms with Gasteiger partial charge in [0.15, 0.2) is 0 Å². The average Bonchev–Trinajstić information content (AvgIpc) is 2.98. The third-order valence-corrected chi connectivity index (χ3v) is 2.59. The minimum absolute atomic E-state index is 0.235. The van der Waals surface area contributed by atoms with Crippen LogP contribution in [-0.4, -0.2) is 29.3 Å². The number of rotatable bonds is 4. The third-order valence-electron chi connectivity index (χ3n) is 2.59. The zero-order valence-corrected chi connectivity index (χ0v) is 10.8. The number of benzene rings is 1. The fourth-order valence-corrected chi connectivity index (χ4v) is 1.54. The minimum atomic E-state index is -0.494. The first-order valence-corrected chi connectivity index (χ1v) is 5.90. The molecule has 0 fully saturated rings. The predicted octanol–water partition coefficient (Wildman–Crippen LogP) is 1.52. The molecule has 2 rings (SSSR count). The van der Waals surface area contributed by atoms with E-state index in [4.69, 9.17) is 0 Å². The van der Waals surface area contributed by atoms with Gasteiger partial charge in [0.25, 0.3) is 5.91 Å². The van der Waals surface area contributed by atoms with Crippen LogP contribution in [0.1, 0.15) is 15.9 Å². The van der Waals surface area contributed by atoms with Crippen molar-refractivity contribution in [3.05, 3.63) is 47.7 Å². The lowest BCUT2D eigenvalue weighted by atomic mass is 10.1. The summed E-state index contributed by atoms with van der Waals surface area (Å²) in [6.07, 6.45) is 1.06. The van der Waals surface area contributed by atoms with Crippen LogP contribution in [0, 0.1) is 0 Å². The van der Waals surface area contributed by atoms with E-state index in [1.165, 1.54) is 7.11 Å². The Labute approximate surface area is 115 Å². The van der Waals surface area contributed by atoms with Crippen LogP contribution in [0.15, 0.2) is 36.5 Å². The van der Waals surface area contributed by atoms with Gasteiger partial charge in [-0.3, -0.25) is 9.89 Å². The van der Waals surface area contributed by atoms with Gasteiger partial charge in [-0.05, 0) is 17.7 Å². The minimum Gasteiger partial charge on any atom is -0.453 e. The lowest BCUT2D eigenvalue weighted by Crippen LogP contribution is -2.22. The van der Waals surface area contributed by atoms with E-state index in [-0.39, 0.29) is 5.91 Å². The van der Waals surface area contributed by atoms with E-state index in [0.717, 1.165) is 5.56 Å². The van der Waals surface area contributed by atoms with Gasteiger partial charge in [-0.15, -0.1) is 0 Å². The highest BCUT2D eigenvalue weighted by Crippen LogP contribution is 2.07. The lowest BCUT2D eigenvalue weighted by molar-refractivity contribution is 0.102. The summed E-state index contributed by atoms with van der Waals surface area (Å²) in [4.78, 5) is 22.8. The van der Waals surface area contributed by atoms with Crippen LogP contribution in [0.2, 0.25) is 0 Å². The molecular formula is C13H14N4O3. The fourth-order valence-electron chi connectivity index (χ4n) is 1.54. The van der Waals surface area contributed by atoms with Crippen molar-refractivity contribution in [1.82, 2.24) is 15.5 Å². The smallest absolute Gasteiger partial charge is 0.407 e. The maximum absolute atomic E-state index is 11.9. The molecule has 0 aliphatic carbocycles. The molecule has 0 bridgehead atoms. The number of carbonyl (C=O) groups is 2. The van der Waals surface area contributed by atoms with Crippen LogP contribution >= 0.6 is 0 Å². The van der Waals surface area contributed by atoms with Gasteiger partial charge >= 0.3 is 6.09 Å². The second-order valence-electron chi connectivity index (χ2n) is 3.97. The van der Waals surface area contributed by atoms with Gasteiger partial charge < -0.3 is 15.4 Å². The van der Waals surface area contributed by atoms with Crippen LogP contribution in [0.4, 0.5) is 10.6 Å². The Morgan fingerprint density at radius 3 is 2.60 bits per heavy atom. The summed E-state index contributed by atoms with van der Waals surface area (Å²) in [6, 6.07) is 8.54. The van der Waals surface area contributed by atoms with Crippen molar-refractivity contribution in [1.29, 1.82) is 0 Å². The molecule has 0 unspecified atom stereocenters. The molecule has 0 aliphatic rings. The molecule has 1 heterocycles. The van der Waals surface area contributed by atoms with Crippen molar-refractivity contribution in [3.63, 3.8) is 0 Å². The van der Waals surface area contributed by atoms with E-state index < -0.39 is 6.09 Å². The van der Waals surface area contributed by atoms with E-state index >= 15 is 0 Å². The number of alkyl carbamates (subject to hydrolysis) is 1. The van der Waals surface area contributed by atoms with E-state index in [1.54, 1.807) is 36.5 Å². The monoisotopic (exact) mass is 274 g/mol. The summed E-state index contributed by atoms with van der Waals surface area (Å²) >= 11 is 0. The normalized spacial score (nSPS) is 9.85. The number of aromatic nitrogens is 2. The highest BCUT2D eigenvalue weighted by atomic mass is 16.5. The number of carbonyl (C=O) groups excluding carboxylic acids is 2. The summed E-state index contributed by atoms with van der Waals surface area (Å²) in [5.41, 5.74) is 1.38. The van der Waals surface area contributed by atoms with Gasteiger partial charge in [-0.25, -0.2) is 4.79 Å². The first kappa shape index (κ1) is 13.6. The molecule has 1 aromatic carbocycles. The molecule has 104 valence electrons. The van der Waals surface area contributed by atoms with Crippen molar-refractivity contribution >= 4 is 17.8 Å². The van der Waals surface area contributed by atoms with E-state index in [1.807, 2.05) is 0 Å². The molecule has 2 amide bonds.